The summed E-state index contributed by atoms with van der Waals surface area (Å²) >= 11 is 0. The molecule has 0 aromatic rings. The molecule has 2 atom stereocenters. The molecule has 0 aromatic heterocycles. The lowest BCUT2D eigenvalue weighted by Gasteiger charge is -2.25. The molecule has 0 N–H and O–H groups in total. The highest BCUT2D eigenvalue weighted by Crippen LogP contribution is 2.38. The maximum Gasteiger partial charge on any atom is 0.0873 e. The highest BCUT2D eigenvalue weighted by atomic mass is 32.2. The third-order valence-corrected chi connectivity index (χ3v) is 4.76. The van der Waals surface area contributed by atoms with E-state index in [0.29, 0.717) is 5.41 Å². The van der Waals surface area contributed by atoms with Gasteiger partial charge in [0.1, 0.15) is 0 Å². The van der Waals surface area contributed by atoms with Crippen molar-refractivity contribution in [3.05, 3.63) is 12.8 Å². The van der Waals surface area contributed by atoms with Crippen LogP contribution in [0.25, 0.3) is 0 Å². The monoisotopic (exact) mass is 216 g/mol. The van der Waals surface area contributed by atoms with E-state index >= 15 is 0 Å². The Morgan fingerprint density at radius 2 is 2.43 bits per heavy atom. The molecule has 82 valence electrons. The van der Waals surface area contributed by atoms with Crippen LogP contribution in [0.3, 0.4) is 0 Å². The van der Waals surface area contributed by atoms with E-state index in [4.69, 9.17) is 4.74 Å². The van der Waals surface area contributed by atoms with Crippen LogP contribution in [-0.2, 0) is 15.5 Å². The molecule has 0 aliphatic carbocycles. The van der Waals surface area contributed by atoms with Gasteiger partial charge in [0.25, 0.3) is 0 Å². The second-order valence-electron chi connectivity index (χ2n) is 4.03. The van der Waals surface area contributed by atoms with Gasteiger partial charge in [-0.2, -0.15) is 0 Å². The van der Waals surface area contributed by atoms with Gasteiger partial charge in [-0.1, -0.05) is 13.5 Å². The van der Waals surface area contributed by atoms with Crippen LogP contribution >= 0.6 is 0 Å². The summed E-state index contributed by atoms with van der Waals surface area (Å²) in [6.45, 7) is 6.46. The summed E-state index contributed by atoms with van der Waals surface area (Å²) < 4.78 is 16.5. The molecule has 1 fully saturated rings. The van der Waals surface area contributed by atoms with E-state index in [1.807, 2.05) is 0 Å². The van der Waals surface area contributed by atoms with Crippen molar-refractivity contribution in [3.63, 3.8) is 0 Å². The van der Waals surface area contributed by atoms with Gasteiger partial charge < -0.3 is 4.74 Å². The first-order valence-electron chi connectivity index (χ1n) is 5.30. The van der Waals surface area contributed by atoms with Gasteiger partial charge in [-0.15, -0.1) is 0 Å². The Morgan fingerprint density at radius 1 is 1.64 bits per heavy atom. The van der Waals surface area contributed by atoms with Crippen molar-refractivity contribution < 1.29 is 8.95 Å². The van der Waals surface area contributed by atoms with Gasteiger partial charge >= 0.3 is 0 Å². The van der Waals surface area contributed by atoms with Crippen LogP contribution in [0.5, 0.6) is 0 Å². The summed E-state index contributed by atoms with van der Waals surface area (Å²) in [5.41, 5.74) is 0.343. The van der Waals surface area contributed by atoms with Crippen LogP contribution < -0.4 is 0 Å². The average molecular weight is 216 g/mol. The Hall–Kier alpha value is -0.310. The largest absolute Gasteiger partial charge is 0.502 e. The average Bonchev–Trinajstić information content (AvgIpc) is 2.56. The highest BCUT2D eigenvalue weighted by molar-refractivity contribution is 7.85. The molecule has 0 saturated carbocycles. The van der Waals surface area contributed by atoms with E-state index < -0.39 is 10.8 Å². The zero-order valence-electron chi connectivity index (χ0n) is 8.96. The lowest BCUT2D eigenvalue weighted by Crippen LogP contribution is -2.20. The number of hydrogen-bond acceptors (Lipinski definition) is 2. The number of ether oxygens (including phenoxy) is 1. The van der Waals surface area contributed by atoms with Gasteiger partial charge in [-0.3, -0.25) is 4.21 Å². The van der Waals surface area contributed by atoms with Gasteiger partial charge in [0, 0.05) is 22.3 Å². The minimum absolute atomic E-state index is 0.343. The molecule has 1 aliphatic rings. The number of rotatable bonds is 6. The standard InChI is InChI=1S/C11H20O2S/c1-3-11(6-5-8-13-4-2)7-9-14(12)10-11/h4H,2-3,5-10H2,1H3. The molecule has 2 unspecified atom stereocenters. The quantitative estimate of drug-likeness (QED) is 0.503. The Kier molecular flexibility index (Phi) is 4.66. The summed E-state index contributed by atoms with van der Waals surface area (Å²) in [5, 5.41) is 0. The van der Waals surface area contributed by atoms with Crippen molar-refractivity contribution in [2.75, 3.05) is 18.1 Å². The maximum absolute atomic E-state index is 11.4. The first-order chi connectivity index (χ1) is 6.72. The predicted molar refractivity (Wildman–Crippen MR) is 60.6 cm³/mol. The Morgan fingerprint density at radius 3 is 2.93 bits per heavy atom. The molecule has 1 aliphatic heterocycles. The van der Waals surface area contributed by atoms with Gasteiger partial charge in [-0.25, -0.2) is 0 Å². The third kappa shape index (κ3) is 3.12. The fourth-order valence-electron chi connectivity index (χ4n) is 2.08. The van der Waals surface area contributed by atoms with Gasteiger partial charge in [0.05, 0.1) is 12.9 Å². The van der Waals surface area contributed by atoms with E-state index in [2.05, 4.69) is 13.5 Å². The van der Waals surface area contributed by atoms with Crippen LogP contribution in [0.15, 0.2) is 12.8 Å². The zero-order chi connectivity index (χ0) is 10.4. The van der Waals surface area contributed by atoms with Crippen molar-refractivity contribution in [1.29, 1.82) is 0 Å². The third-order valence-electron chi connectivity index (χ3n) is 3.16. The molecular formula is C11H20O2S. The van der Waals surface area contributed by atoms with Crippen molar-refractivity contribution in [1.82, 2.24) is 0 Å². The van der Waals surface area contributed by atoms with E-state index in [0.717, 1.165) is 43.8 Å². The molecule has 1 heterocycles. The predicted octanol–water partition coefficient (Wildman–Crippen LogP) is 2.48. The SMILES string of the molecule is C=COCCCC1(CC)CCS(=O)C1. The van der Waals surface area contributed by atoms with Crippen LogP contribution in [0.1, 0.15) is 32.6 Å². The molecule has 0 amide bonds. The summed E-state index contributed by atoms with van der Waals surface area (Å²) in [6.07, 6.45) is 5.96. The smallest absolute Gasteiger partial charge is 0.0873 e. The molecule has 2 nitrogen and oxygen atoms in total. The fraction of sp³-hybridized carbons (Fsp3) is 0.818. The van der Waals surface area contributed by atoms with Gasteiger partial charge in [0.15, 0.2) is 0 Å². The highest BCUT2D eigenvalue weighted by Gasteiger charge is 2.35. The minimum Gasteiger partial charge on any atom is -0.502 e. The summed E-state index contributed by atoms with van der Waals surface area (Å²) in [5.74, 6) is 1.80. The molecule has 3 heteroatoms. The van der Waals surface area contributed by atoms with Crippen molar-refractivity contribution in [2.24, 2.45) is 5.41 Å². The Balaban J connectivity index is 2.31. The topological polar surface area (TPSA) is 26.3 Å². The lowest BCUT2D eigenvalue weighted by atomic mass is 9.80. The van der Waals surface area contributed by atoms with Crippen molar-refractivity contribution in [2.45, 2.75) is 32.6 Å². The lowest BCUT2D eigenvalue weighted by molar-refractivity contribution is 0.206. The van der Waals surface area contributed by atoms with E-state index in [1.165, 1.54) is 6.26 Å². The van der Waals surface area contributed by atoms with Crippen LogP contribution in [-0.4, -0.2) is 22.3 Å². The summed E-state index contributed by atoms with van der Waals surface area (Å²) in [6, 6.07) is 0. The normalized spacial score (nSPS) is 31.6. The zero-order valence-corrected chi connectivity index (χ0v) is 9.78. The summed E-state index contributed by atoms with van der Waals surface area (Å²) in [7, 11) is -0.560. The molecule has 0 bridgehead atoms. The van der Waals surface area contributed by atoms with Crippen LogP contribution in [0, 0.1) is 5.41 Å². The van der Waals surface area contributed by atoms with E-state index in [1.54, 1.807) is 0 Å². The molecule has 0 aromatic carbocycles. The molecule has 0 spiro atoms. The second-order valence-corrected chi connectivity index (χ2v) is 5.61. The Labute approximate surface area is 89.2 Å². The molecule has 14 heavy (non-hydrogen) atoms. The van der Waals surface area contributed by atoms with Gasteiger partial charge in [0.2, 0.25) is 0 Å². The van der Waals surface area contributed by atoms with Crippen molar-refractivity contribution >= 4 is 10.8 Å². The molecule has 1 saturated heterocycles. The van der Waals surface area contributed by atoms with Crippen LogP contribution in [0.2, 0.25) is 0 Å². The number of hydrogen-bond donors (Lipinski definition) is 0. The Bertz CT molecular complexity index is 215. The van der Waals surface area contributed by atoms with Crippen molar-refractivity contribution in [3.8, 4) is 0 Å². The molecule has 1 rings (SSSR count). The van der Waals surface area contributed by atoms with E-state index in [9.17, 15) is 4.21 Å². The molecular weight excluding hydrogens is 196 g/mol. The van der Waals surface area contributed by atoms with Crippen LogP contribution in [0.4, 0.5) is 0 Å². The second kappa shape index (κ2) is 5.54. The van der Waals surface area contributed by atoms with E-state index in [-0.39, 0.29) is 0 Å². The first kappa shape index (κ1) is 11.8. The minimum atomic E-state index is -0.560. The maximum atomic E-state index is 11.4. The van der Waals surface area contributed by atoms with Gasteiger partial charge in [-0.05, 0) is 31.1 Å². The molecule has 0 radical (unpaired) electrons. The summed E-state index contributed by atoms with van der Waals surface area (Å²) in [4.78, 5) is 0. The fourth-order valence-corrected chi connectivity index (χ4v) is 4.06. The first-order valence-corrected chi connectivity index (χ1v) is 6.79.